The van der Waals surface area contributed by atoms with Gasteiger partial charge in [0, 0.05) is 5.57 Å². The summed E-state index contributed by atoms with van der Waals surface area (Å²) in [5.74, 6) is 5.26. The van der Waals surface area contributed by atoms with Crippen molar-refractivity contribution in [3.63, 3.8) is 0 Å². The summed E-state index contributed by atoms with van der Waals surface area (Å²) in [6, 6.07) is 0. The van der Waals surface area contributed by atoms with Crippen LogP contribution in [0.5, 0.6) is 0 Å². The molecule has 70 valence electrons. The lowest BCUT2D eigenvalue weighted by molar-refractivity contribution is 1.01. The Bertz CT molecular complexity index is 306. The summed E-state index contributed by atoms with van der Waals surface area (Å²) >= 11 is 0. The molecule has 0 unspecified atom stereocenters. The van der Waals surface area contributed by atoms with Crippen LogP contribution in [0.15, 0.2) is 40.6 Å². The normalized spacial score (nSPS) is 17.8. The van der Waals surface area contributed by atoms with Gasteiger partial charge in [-0.2, -0.15) is 5.10 Å². The summed E-state index contributed by atoms with van der Waals surface area (Å²) in [6.45, 7) is 7.87. The Kier molecular flexibility index (Phi) is 3.07. The SMILES string of the molecule is C=C(C)C1=CCCC=C1/C(C)=N\N. The summed E-state index contributed by atoms with van der Waals surface area (Å²) in [5.41, 5.74) is 4.29. The molecule has 1 aliphatic rings. The molecule has 0 radical (unpaired) electrons. The summed E-state index contributed by atoms with van der Waals surface area (Å²) in [6.07, 6.45) is 6.53. The van der Waals surface area contributed by atoms with Gasteiger partial charge in [0.2, 0.25) is 0 Å². The number of nitrogens with zero attached hydrogens (tertiary/aromatic N) is 1. The smallest absolute Gasteiger partial charge is 0.0644 e. The summed E-state index contributed by atoms with van der Waals surface area (Å²) < 4.78 is 0. The van der Waals surface area contributed by atoms with E-state index in [9.17, 15) is 0 Å². The average Bonchev–Trinajstić information content (AvgIpc) is 2.16. The van der Waals surface area contributed by atoms with Crippen molar-refractivity contribution in [2.24, 2.45) is 10.9 Å². The average molecular weight is 176 g/mol. The fourth-order valence-corrected chi connectivity index (χ4v) is 1.49. The first-order valence-electron chi connectivity index (χ1n) is 4.48. The Balaban J connectivity index is 3.01. The fourth-order valence-electron chi connectivity index (χ4n) is 1.49. The molecule has 0 saturated carbocycles. The third kappa shape index (κ3) is 2.08. The number of hydrogen-bond donors (Lipinski definition) is 1. The van der Waals surface area contributed by atoms with E-state index in [2.05, 4.69) is 23.8 Å². The van der Waals surface area contributed by atoms with Gasteiger partial charge in [-0.05, 0) is 32.3 Å². The van der Waals surface area contributed by atoms with Gasteiger partial charge < -0.3 is 5.84 Å². The van der Waals surface area contributed by atoms with E-state index in [1.807, 2.05) is 13.8 Å². The Morgan fingerprint density at radius 3 is 2.31 bits per heavy atom. The Labute approximate surface area is 79.5 Å². The molecule has 1 aliphatic carbocycles. The molecule has 0 fully saturated rings. The van der Waals surface area contributed by atoms with Crippen LogP contribution in [-0.2, 0) is 0 Å². The maximum atomic E-state index is 5.26. The summed E-state index contributed by atoms with van der Waals surface area (Å²) in [4.78, 5) is 0. The van der Waals surface area contributed by atoms with E-state index in [0.29, 0.717) is 0 Å². The van der Waals surface area contributed by atoms with Crippen LogP contribution in [0.3, 0.4) is 0 Å². The van der Waals surface area contributed by atoms with Crippen LogP contribution >= 0.6 is 0 Å². The maximum absolute atomic E-state index is 5.26. The second-order valence-electron chi connectivity index (χ2n) is 3.31. The Hall–Kier alpha value is -1.31. The van der Waals surface area contributed by atoms with Crippen LogP contribution in [-0.4, -0.2) is 5.71 Å². The second kappa shape index (κ2) is 4.08. The minimum absolute atomic E-state index is 0.883. The van der Waals surface area contributed by atoms with Crippen molar-refractivity contribution in [3.8, 4) is 0 Å². The lowest BCUT2D eigenvalue weighted by Crippen LogP contribution is -2.07. The van der Waals surface area contributed by atoms with Gasteiger partial charge in [0.15, 0.2) is 0 Å². The van der Waals surface area contributed by atoms with E-state index in [0.717, 1.165) is 29.7 Å². The lowest BCUT2D eigenvalue weighted by atomic mass is 9.91. The van der Waals surface area contributed by atoms with Crippen LogP contribution in [0.4, 0.5) is 0 Å². The van der Waals surface area contributed by atoms with Crippen LogP contribution in [0.2, 0.25) is 0 Å². The molecule has 0 saturated heterocycles. The van der Waals surface area contributed by atoms with Crippen LogP contribution in [0.1, 0.15) is 26.7 Å². The molecule has 0 aromatic rings. The first-order chi connectivity index (χ1) is 6.16. The monoisotopic (exact) mass is 176 g/mol. The zero-order chi connectivity index (χ0) is 9.84. The second-order valence-corrected chi connectivity index (χ2v) is 3.31. The van der Waals surface area contributed by atoms with Gasteiger partial charge in [0.1, 0.15) is 0 Å². The maximum Gasteiger partial charge on any atom is 0.0644 e. The van der Waals surface area contributed by atoms with Gasteiger partial charge >= 0.3 is 0 Å². The summed E-state index contributed by atoms with van der Waals surface area (Å²) in [5, 5.41) is 3.71. The van der Waals surface area contributed by atoms with Crippen LogP contribution in [0.25, 0.3) is 0 Å². The third-order valence-corrected chi connectivity index (χ3v) is 2.20. The molecule has 13 heavy (non-hydrogen) atoms. The number of nitrogens with two attached hydrogens (primary N) is 1. The third-order valence-electron chi connectivity index (χ3n) is 2.20. The number of hydrazone groups is 1. The molecular formula is C11H16N2. The van der Waals surface area contributed by atoms with Gasteiger partial charge in [-0.15, -0.1) is 0 Å². The topological polar surface area (TPSA) is 38.4 Å². The fraction of sp³-hybridized carbons (Fsp3) is 0.364. The highest BCUT2D eigenvalue weighted by Gasteiger charge is 2.11. The Morgan fingerprint density at radius 2 is 1.85 bits per heavy atom. The molecule has 0 aliphatic heterocycles. The van der Waals surface area contributed by atoms with Crippen molar-refractivity contribution in [1.29, 1.82) is 0 Å². The predicted molar refractivity (Wildman–Crippen MR) is 57.5 cm³/mol. The minimum Gasteiger partial charge on any atom is -0.323 e. The highest BCUT2D eigenvalue weighted by atomic mass is 15.1. The molecule has 2 heteroatoms. The Morgan fingerprint density at radius 1 is 1.31 bits per heavy atom. The first-order valence-corrected chi connectivity index (χ1v) is 4.48. The van der Waals surface area contributed by atoms with E-state index < -0.39 is 0 Å². The van der Waals surface area contributed by atoms with Gasteiger partial charge in [-0.1, -0.05) is 24.3 Å². The van der Waals surface area contributed by atoms with E-state index >= 15 is 0 Å². The van der Waals surface area contributed by atoms with Crippen molar-refractivity contribution in [3.05, 3.63) is 35.5 Å². The highest BCUT2D eigenvalue weighted by molar-refractivity contribution is 6.03. The molecular weight excluding hydrogens is 160 g/mol. The van der Waals surface area contributed by atoms with Crippen molar-refractivity contribution >= 4 is 5.71 Å². The molecule has 1 rings (SSSR count). The van der Waals surface area contributed by atoms with E-state index in [-0.39, 0.29) is 0 Å². The van der Waals surface area contributed by atoms with Gasteiger partial charge in [-0.25, -0.2) is 0 Å². The van der Waals surface area contributed by atoms with E-state index in [4.69, 9.17) is 5.84 Å². The number of allylic oxidation sites excluding steroid dienone is 5. The van der Waals surface area contributed by atoms with Crippen molar-refractivity contribution in [1.82, 2.24) is 0 Å². The molecule has 0 spiro atoms. The standard InChI is InChI=1S/C11H16N2/c1-8(2)10-6-4-5-7-11(10)9(3)13-12/h6-7H,1,4-5,12H2,2-3H3/b13-9-. The predicted octanol–water partition coefficient (Wildman–Crippen LogP) is 2.54. The molecule has 0 heterocycles. The van der Waals surface area contributed by atoms with Crippen molar-refractivity contribution in [2.45, 2.75) is 26.7 Å². The lowest BCUT2D eigenvalue weighted by Gasteiger charge is -2.15. The largest absolute Gasteiger partial charge is 0.323 e. The van der Waals surface area contributed by atoms with E-state index in [1.165, 1.54) is 5.57 Å². The van der Waals surface area contributed by atoms with Crippen molar-refractivity contribution in [2.75, 3.05) is 0 Å². The number of rotatable bonds is 2. The number of hydrogen-bond acceptors (Lipinski definition) is 2. The van der Waals surface area contributed by atoms with Gasteiger partial charge in [0.05, 0.1) is 5.71 Å². The minimum atomic E-state index is 0.883. The zero-order valence-electron chi connectivity index (χ0n) is 8.30. The zero-order valence-corrected chi connectivity index (χ0v) is 8.30. The molecule has 0 aromatic carbocycles. The van der Waals surface area contributed by atoms with Crippen LogP contribution < -0.4 is 5.84 Å². The van der Waals surface area contributed by atoms with Crippen LogP contribution in [0, 0.1) is 0 Å². The molecule has 0 aromatic heterocycles. The summed E-state index contributed by atoms with van der Waals surface area (Å²) in [7, 11) is 0. The van der Waals surface area contributed by atoms with Crippen molar-refractivity contribution < 1.29 is 0 Å². The molecule has 2 nitrogen and oxygen atoms in total. The molecule has 2 N–H and O–H groups in total. The first kappa shape index (κ1) is 9.78. The molecule has 0 bridgehead atoms. The highest BCUT2D eigenvalue weighted by Crippen LogP contribution is 2.24. The quantitative estimate of drug-likeness (QED) is 0.392. The van der Waals surface area contributed by atoms with Gasteiger partial charge in [-0.3, -0.25) is 0 Å². The van der Waals surface area contributed by atoms with Gasteiger partial charge in [0.25, 0.3) is 0 Å². The molecule has 0 amide bonds. The van der Waals surface area contributed by atoms with E-state index in [1.54, 1.807) is 0 Å². The molecule has 0 atom stereocenters.